The van der Waals surface area contributed by atoms with Crippen LogP contribution in [-0.2, 0) is 9.59 Å². The van der Waals surface area contributed by atoms with Gasteiger partial charge in [-0.1, -0.05) is 0 Å². The zero-order valence-electron chi connectivity index (χ0n) is 21.9. The lowest BCUT2D eigenvalue weighted by Gasteiger charge is -2.41. The molecule has 2 aromatic carbocycles. The number of halogens is 2. The van der Waals surface area contributed by atoms with Crippen LogP contribution in [0.2, 0.25) is 0 Å². The van der Waals surface area contributed by atoms with Crippen LogP contribution in [0.5, 0.6) is 5.75 Å². The van der Waals surface area contributed by atoms with Gasteiger partial charge in [0.1, 0.15) is 23.4 Å². The van der Waals surface area contributed by atoms with Gasteiger partial charge in [0, 0.05) is 48.4 Å². The highest BCUT2D eigenvalue weighted by molar-refractivity contribution is 5.92. The van der Waals surface area contributed by atoms with E-state index in [1.807, 2.05) is 12.1 Å². The number of amides is 1. The lowest BCUT2D eigenvalue weighted by Crippen LogP contribution is -2.52. The van der Waals surface area contributed by atoms with E-state index in [9.17, 15) is 23.5 Å². The van der Waals surface area contributed by atoms with Crippen molar-refractivity contribution in [3.8, 4) is 5.75 Å². The van der Waals surface area contributed by atoms with E-state index in [-0.39, 0.29) is 17.4 Å². The molecule has 5 rings (SSSR count). The Morgan fingerprint density at radius 1 is 1.03 bits per heavy atom. The maximum atomic E-state index is 13.4. The minimum Gasteiger partial charge on any atom is -0.497 e. The number of rotatable bonds is 7. The molecule has 2 fully saturated rings. The number of ether oxygens (including phenoxy) is 1. The summed E-state index contributed by atoms with van der Waals surface area (Å²) >= 11 is 0. The monoisotopic (exact) mass is 537 g/mol. The Bertz CT molecular complexity index is 1350. The molecule has 0 bridgehead atoms. The molecule has 0 aliphatic carbocycles. The van der Waals surface area contributed by atoms with Crippen LogP contribution in [0.4, 0.5) is 8.78 Å². The average molecular weight is 538 g/mol. The number of nitrogens with zero attached hydrogens (tertiary/aromatic N) is 2. The van der Waals surface area contributed by atoms with Gasteiger partial charge in [0.2, 0.25) is 5.91 Å². The number of carbonyl (C=O) groups excluding carboxylic acids is 1. The van der Waals surface area contributed by atoms with Crippen molar-refractivity contribution < 1.29 is 28.2 Å². The quantitative estimate of drug-likeness (QED) is 0.413. The van der Waals surface area contributed by atoms with E-state index in [2.05, 4.69) is 22.1 Å². The van der Waals surface area contributed by atoms with Crippen molar-refractivity contribution in [1.82, 2.24) is 14.8 Å². The van der Waals surface area contributed by atoms with Crippen LogP contribution in [0.15, 0.2) is 48.7 Å². The highest BCUT2D eigenvalue weighted by Crippen LogP contribution is 2.36. The smallest absolute Gasteiger partial charge is 0.321 e. The number of carboxylic acids is 1. The molecular formula is C30H33F2N3O4. The van der Waals surface area contributed by atoms with E-state index in [1.165, 1.54) is 23.1 Å². The number of nitrogens with one attached hydrogen (secondary N) is 1. The minimum absolute atomic E-state index is 0.0510. The van der Waals surface area contributed by atoms with Crippen LogP contribution in [0.1, 0.15) is 42.7 Å². The second-order valence-electron chi connectivity index (χ2n) is 10.4. The highest BCUT2D eigenvalue weighted by atomic mass is 19.1. The zero-order chi connectivity index (χ0) is 27.5. The summed E-state index contributed by atoms with van der Waals surface area (Å²) in [6.45, 7) is 2.31. The first-order valence-electron chi connectivity index (χ1n) is 13.4. The van der Waals surface area contributed by atoms with Crippen LogP contribution >= 0.6 is 0 Å². The predicted octanol–water partition coefficient (Wildman–Crippen LogP) is 5.04. The average Bonchev–Trinajstić information content (AvgIpc) is 3.35. The van der Waals surface area contributed by atoms with Crippen molar-refractivity contribution >= 4 is 28.9 Å². The molecule has 2 saturated heterocycles. The molecule has 39 heavy (non-hydrogen) atoms. The summed E-state index contributed by atoms with van der Waals surface area (Å²) in [5.74, 6) is -1.35. The van der Waals surface area contributed by atoms with Crippen LogP contribution in [-0.4, -0.2) is 71.1 Å². The van der Waals surface area contributed by atoms with Gasteiger partial charge in [0.25, 0.3) is 0 Å². The summed E-state index contributed by atoms with van der Waals surface area (Å²) < 4.78 is 32.1. The van der Waals surface area contributed by atoms with E-state index >= 15 is 0 Å². The molecule has 3 heterocycles. The molecule has 0 radical (unpaired) electrons. The fourth-order valence-corrected chi connectivity index (χ4v) is 6.12. The van der Waals surface area contributed by atoms with E-state index < -0.39 is 23.6 Å². The number of benzene rings is 2. The van der Waals surface area contributed by atoms with Crippen LogP contribution in [0.25, 0.3) is 17.0 Å². The third kappa shape index (κ3) is 5.98. The van der Waals surface area contributed by atoms with Crippen molar-refractivity contribution in [1.29, 1.82) is 0 Å². The summed E-state index contributed by atoms with van der Waals surface area (Å²) in [7, 11) is 1.65. The zero-order valence-corrected chi connectivity index (χ0v) is 21.9. The lowest BCUT2D eigenvalue weighted by atomic mass is 9.84. The molecule has 2 aliphatic heterocycles. The summed E-state index contributed by atoms with van der Waals surface area (Å²) in [5.41, 5.74) is 2.58. The molecule has 2 aliphatic rings. The fourth-order valence-electron chi connectivity index (χ4n) is 6.12. The molecule has 7 nitrogen and oxygen atoms in total. The standard InChI is InChI=1S/C30H33F2N3O4/c1-39-24-3-4-25-26(18-33-27(25)17-24)20-6-12-35(13-7-20)29(30(37)38)21-8-10-34(11-9-21)28(36)5-2-19-14-22(31)16-23(32)15-19/h2-5,14-18,20-21,29,33H,6-13H2,1H3,(H,37,38)/b5-2+. The summed E-state index contributed by atoms with van der Waals surface area (Å²) in [5, 5.41) is 11.3. The molecule has 9 heteroatoms. The van der Waals surface area contributed by atoms with E-state index in [0.29, 0.717) is 44.9 Å². The van der Waals surface area contributed by atoms with Crippen LogP contribution in [0, 0.1) is 17.6 Å². The van der Waals surface area contributed by atoms with Gasteiger partial charge in [-0.15, -0.1) is 0 Å². The molecule has 3 aromatic rings. The topological polar surface area (TPSA) is 85.9 Å². The Morgan fingerprint density at radius 3 is 2.36 bits per heavy atom. The van der Waals surface area contributed by atoms with Crippen molar-refractivity contribution in [2.24, 2.45) is 5.92 Å². The van der Waals surface area contributed by atoms with Gasteiger partial charge in [-0.05, 0) is 92.1 Å². The minimum atomic E-state index is -0.814. The molecular weight excluding hydrogens is 504 g/mol. The van der Waals surface area contributed by atoms with Crippen molar-refractivity contribution in [2.45, 2.75) is 37.6 Å². The van der Waals surface area contributed by atoms with Crippen molar-refractivity contribution in [3.05, 3.63) is 71.4 Å². The van der Waals surface area contributed by atoms with Gasteiger partial charge < -0.3 is 19.7 Å². The fraction of sp³-hybridized carbons (Fsp3) is 0.400. The highest BCUT2D eigenvalue weighted by Gasteiger charge is 2.38. The molecule has 1 aromatic heterocycles. The molecule has 206 valence electrons. The summed E-state index contributed by atoms with van der Waals surface area (Å²) in [6, 6.07) is 8.55. The number of piperidine rings is 2. The van der Waals surface area contributed by atoms with Crippen molar-refractivity contribution in [2.75, 3.05) is 33.3 Å². The number of H-pyrrole nitrogens is 1. The SMILES string of the molecule is COc1ccc2c(C3CCN(C(C(=O)O)C4CCN(C(=O)/C=C/c5cc(F)cc(F)c5)CC4)CC3)c[nH]c2c1. The number of aliphatic carboxylic acids is 1. The van der Waals surface area contributed by atoms with Gasteiger partial charge >= 0.3 is 5.97 Å². The van der Waals surface area contributed by atoms with Crippen LogP contribution in [0.3, 0.4) is 0 Å². The number of carbonyl (C=O) groups is 2. The third-order valence-corrected chi connectivity index (χ3v) is 8.14. The number of carboxylic acid groups (broad SMARTS) is 1. The Kier molecular flexibility index (Phi) is 7.97. The Balaban J connectivity index is 1.17. The molecule has 2 N–H and O–H groups in total. The number of fused-ring (bicyclic) bond motifs is 1. The summed E-state index contributed by atoms with van der Waals surface area (Å²) in [6.07, 6.45) is 7.72. The van der Waals surface area contributed by atoms with Gasteiger partial charge in [-0.25, -0.2) is 8.78 Å². The summed E-state index contributed by atoms with van der Waals surface area (Å²) in [4.78, 5) is 32.1. The number of likely N-dealkylation sites (tertiary alicyclic amines) is 2. The molecule has 1 amide bonds. The van der Waals surface area contributed by atoms with Gasteiger partial charge in [-0.2, -0.15) is 0 Å². The molecule has 1 unspecified atom stereocenters. The second-order valence-corrected chi connectivity index (χ2v) is 10.4. The van der Waals surface area contributed by atoms with Crippen LogP contribution < -0.4 is 4.74 Å². The first-order chi connectivity index (χ1) is 18.8. The molecule has 1 atom stereocenters. The lowest BCUT2D eigenvalue weighted by molar-refractivity contribution is -0.147. The van der Waals surface area contributed by atoms with E-state index in [1.54, 1.807) is 12.0 Å². The number of methoxy groups -OCH3 is 1. The largest absolute Gasteiger partial charge is 0.497 e. The Hall–Kier alpha value is -3.72. The van der Waals surface area contributed by atoms with Crippen molar-refractivity contribution in [3.63, 3.8) is 0 Å². The Labute approximate surface area is 226 Å². The second kappa shape index (κ2) is 11.6. The Morgan fingerprint density at radius 2 is 1.72 bits per heavy atom. The maximum absolute atomic E-state index is 13.4. The van der Waals surface area contributed by atoms with Gasteiger partial charge in [0.15, 0.2) is 0 Å². The molecule has 0 spiro atoms. The number of aromatic amines is 1. The van der Waals surface area contributed by atoms with Gasteiger partial charge in [-0.3, -0.25) is 14.5 Å². The van der Waals surface area contributed by atoms with Gasteiger partial charge in [0.05, 0.1) is 7.11 Å². The maximum Gasteiger partial charge on any atom is 0.321 e. The number of aromatic nitrogens is 1. The first kappa shape index (κ1) is 26.9. The number of hydrogen-bond acceptors (Lipinski definition) is 4. The predicted molar refractivity (Wildman–Crippen MR) is 145 cm³/mol. The third-order valence-electron chi connectivity index (χ3n) is 8.14. The first-order valence-corrected chi connectivity index (χ1v) is 13.4. The normalized spacial score (nSPS) is 18.6. The van der Waals surface area contributed by atoms with E-state index in [4.69, 9.17) is 4.74 Å². The number of hydrogen-bond donors (Lipinski definition) is 2. The molecule has 0 saturated carbocycles. The van der Waals surface area contributed by atoms with E-state index in [0.717, 1.165) is 42.3 Å².